The Morgan fingerprint density at radius 2 is 1.59 bits per heavy atom. The lowest BCUT2D eigenvalue weighted by Crippen LogP contribution is -2.51. The van der Waals surface area contributed by atoms with E-state index in [4.69, 9.17) is 46.4 Å². The van der Waals surface area contributed by atoms with Gasteiger partial charge in [-0.1, -0.05) is 65.5 Å². The van der Waals surface area contributed by atoms with Gasteiger partial charge in [-0.15, -0.1) is 0 Å². The first-order valence-corrected chi connectivity index (χ1v) is 13.6. The van der Waals surface area contributed by atoms with E-state index in [1.807, 2.05) is 6.92 Å². The van der Waals surface area contributed by atoms with Crippen molar-refractivity contribution in [1.82, 2.24) is 10.2 Å². The smallest absolute Gasteiger partial charge is 0.244 e. The highest BCUT2D eigenvalue weighted by atomic mass is 35.5. The summed E-state index contributed by atoms with van der Waals surface area (Å²) in [6, 6.07) is 8.49. The van der Waals surface area contributed by atoms with Crippen molar-refractivity contribution in [3.8, 4) is 0 Å². The lowest BCUT2D eigenvalue weighted by molar-refractivity contribution is -0.139. The fraction of sp³-hybridized carbons (Fsp3) is 0.364. The Labute approximate surface area is 220 Å². The molecule has 0 heterocycles. The number of hydrogen-bond donors (Lipinski definition) is 1. The number of amides is 2. The second-order valence-electron chi connectivity index (χ2n) is 7.60. The monoisotopic (exact) mass is 567 g/mol. The minimum Gasteiger partial charge on any atom is -0.354 e. The van der Waals surface area contributed by atoms with E-state index in [0.717, 1.165) is 17.0 Å². The number of nitrogens with one attached hydrogen (secondary N) is 1. The van der Waals surface area contributed by atoms with Gasteiger partial charge in [0.25, 0.3) is 0 Å². The number of benzene rings is 2. The van der Waals surface area contributed by atoms with Gasteiger partial charge in [0.15, 0.2) is 0 Å². The summed E-state index contributed by atoms with van der Waals surface area (Å²) in [7, 11) is -3.96. The molecule has 1 atom stereocenters. The van der Waals surface area contributed by atoms with Crippen LogP contribution in [0.1, 0.15) is 25.8 Å². The molecule has 0 spiro atoms. The molecule has 0 fully saturated rings. The van der Waals surface area contributed by atoms with Crippen LogP contribution in [0.5, 0.6) is 0 Å². The van der Waals surface area contributed by atoms with Gasteiger partial charge in [-0.3, -0.25) is 13.9 Å². The van der Waals surface area contributed by atoms with Crippen LogP contribution in [0.25, 0.3) is 0 Å². The molecule has 2 aromatic carbocycles. The molecule has 0 radical (unpaired) electrons. The molecule has 0 bridgehead atoms. The van der Waals surface area contributed by atoms with Crippen molar-refractivity contribution < 1.29 is 18.0 Å². The van der Waals surface area contributed by atoms with Crippen molar-refractivity contribution in [2.24, 2.45) is 0 Å². The Morgan fingerprint density at radius 1 is 1.00 bits per heavy atom. The largest absolute Gasteiger partial charge is 0.354 e. The zero-order valence-electron chi connectivity index (χ0n) is 18.8. The topological polar surface area (TPSA) is 86.8 Å². The van der Waals surface area contributed by atoms with E-state index < -0.39 is 28.5 Å². The van der Waals surface area contributed by atoms with Crippen LogP contribution in [0.2, 0.25) is 20.1 Å². The summed E-state index contributed by atoms with van der Waals surface area (Å²) in [5.74, 6) is -0.968. The van der Waals surface area contributed by atoms with Gasteiger partial charge in [0.2, 0.25) is 21.8 Å². The molecule has 1 unspecified atom stereocenters. The number of sulfonamides is 1. The molecule has 0 saturated carbocycles. The Kier molecular flexibility index (Phi) is 10.3. The zero-order chi connectivity index (χ0) is 25.6. The van der Waals surface area contributed by atoms with Crippen LogP contribution in [0.4, 0.5) is 5.69 Å². The molecule has 12 heteroatoms. The summed E-state index contributed by atoms with van der Waals surface area (Å²) in [5.41, 5.74) is 0.716. The summed E-state index contributed by atoms with van der Waals surface area (Å²) < 4.78 is 26.1. The van der Waals surface area contributed by atoms with Gasteiger partial charge in [-0.2, -0.15) is 0 Å². The van der Waals surface area contributed by atoms with E-state index in [0.29, 0.717) is 17.1 Å². The molecule has 0 aliphatic rings. The Bertz CT molecular complexity index is 1140. The van der Waals surface area contributed by atoms with Gasteiger partial charge in [0, 0.05) is 18.1 Å². The number of carbonyl (C=O) groups excluding carboxylic acids is 2. The maximum Gasteiger partial charge on any atom is 0.244 e. The zero-order valence-corrected chi connectivity index (χ0v) is 22.7. The minimum absolute atomic E-state index is 0.00134. The molecule has 2 rings (SSSR count). The first kappa shape index (κ1) is 28.5. The highest BCUT2D eigenvalue weighted by Crippen LogP contribution is 2.35. The summed E-state index contributed by atoms with van der Waals surface area (Å²) in [4.78, 5) is 27.4. The van der Waals surface area contributed by atoms with Crippen LogP contribution >= 0.6 is 46.4 Å². The fourth-order valence-electron chi connectivity index (χ4n) is 3.06. The number of anilines is 1. The molecular weight excluding hydrogens is 544 g/mol. The van der Waals surface area contributed by atoms with Crippen molar-refractivity contribution in [2.75, 3.05) is 23.7 Å². The molecule has 1 N–H and O–H groups in total. The standard InChI is InChI=1S/C22H25Cl4N3O4S/c1-4-9-27-22(31)14(2)28(12-15-5-7-16(23)8-6-15)21(30)13-29(34(3,32)33)20-11-18(25)17(24)10-19(20)26/h5-8,10-11,14H,4,9,12-13H2,1-3H3,(H,27,31). The predicted molar refractivity (Wildman–Crippen MR) is 138 cm³/mol. The van der Waals surface area contributed by atoms with E-state index in [9.17, 15) is 18.0 Å². The number of hydrogen-bond acceptors (Lipinski definition) is 4. The quantitative estimate of drug-likeness (QED) is 0.408. The van der Waals surface area contributed by atoms with Crippen LogP contribution in [0.15, 0.2) is 36.4 Å². The van der Waals surface area contributed by atoms with Gasteiger partial charge in [-0.25, -0.2) is 8.42 Å². The van der Waals surface area contributed by atoms with E-state index in [1.165, 1.54) is 17.0 Å². The lowest BCUT2D eigenvalue weighted by Gasteiger charge is -2.31. The van der Waals surface area contributed by atoms with Crippen LogP contribution < -0.4 is 9.62 Å². The van der Waals surface area contributed by atoms with Gasteiger partial charge >= 0.3 is 0 Å². The molecule has 34 heavy (non-hydrogen) atoms. The summed E-state index contributed by atoms with van der Waals surface area (Å²) >= 11 is 24.2. The summed E-state index contributed by atoms with van der Waals surface area (Å²) in [6.45, 7) is 3.39. The number of rotatable bonds is 10. The van der Waals surface area contributed by atoms with E-state index >= 15 is 0 Å². The molecule has 7 nitrogen and oxygen atoms in total. The maximum atomic E-state index is 13.4. The molecule has 2 aromatic rings. The molecule has 0 aromatic heterocycles. The number of nitrogens with zero attached hydrogens (tertiary/aromatic N) is 2. The lowest BCUT2D eigenvalue weighted by atomic mass is 10.1. The summed E-state index contributed by atoms with van der Waals surface area (Å²) in [6.07, 6.45) is 1.67. The van der Waals surface area contributed by atoms with E-state index in [2.05, 4.69) is 5.32 Å². The predicted octanol–water partition coefficient (Wildman–Crippen LogP) is 5.01. The van der Waals surface area contributed by atoms with Gasteiger partial charge in [-0.05, 0) is 43.2 Å². The maximum absolute atomic E-state index is 13.4. The number of carbonyl (C=O) groups is 2. The Balaban J connectivity index is 2.43. The van der Waals surface area contributed by atoms with Crippen molar-refractivity contribution in [2.45, 2.75) is 32.9 Å². The molecule has 0 saturated heterocycles. The third kappa shape index (κ3) is 7.65. The van der Waals surface area contributed by atoms with Crippen molar-refractivity contribution in [1.29, 1.82) is 0 Å². The van der Waals surface area contributed by atoms with Gasteiger partial charge < -0.3 is 10.2 Å². The van der Waals surface area contributed by atoms with Crippen molar-refractivity contribution in [3.63, 3.8) is 0 Å². The highest BCUT2D eigenvalue weighted by molar-refractivity contribution is 7.92. The molecule has 2 amide bonds. The second-order valence-corrected chi connectivity index (χ2v) is 11.2. The number of halogens is 4. The van der Waals surface area contributed by atoms with Gasteiger partial charge in [0.05, 0.1) is 27.0 Å². The molecule has 0 aliphatic carbocycles. The van der Waals surface area contributed by atoms with Crippen molar-refractivity contribution >= 4 is 73.9 Å². The normalized spacial score (nSPS) is 12.2. The third-order valence-corrected chi connectivity index (χ3v) is 7.32. The van der Waals surface area contributed by atoms with Crippen molar-refractivity contribution in [3.05, 3.63) is 62.1 Å². The first-order valence-electron chi connectivity index (χ1n) is 10.3. The van der Waals surface area contributed by atoms with Crippen LogP contribution in [-0.4, -0.2) is 50.5 Å². The molecule has 0 aliphatic heterocycles. The van der Waals surface area contributed by atoms with Crippen LogP contribution in [0, 0.1) is 0 Å². The Morgan fingerprint density at radius 3 is 2.15 bits per heavy atom. The second kappa shape index (κ2) is 12.3. The average molecular weight is 569 g/mol. The first-order chi connectivity index (χ1) is 15.8. The van der Waals surface area contributed by atoms with Gasteiger partial charge in [0.1, 0.15) is 12.6 Å². The average Bonchev–Trinajstić information content (AvgIpc) is 2.76. The molecular formula is C22H25Cl4N3O4S. The van der Waals surface area contributed by atoms with Crippen LogP contribution in [0.3, 0.4) is 0 Å². The SMILES string of the molecule is CCCNC(=O)C(C)N(Cc1ccc(Cl)cc1)C(=O)CN(c1cc(Cl)c(Cl)cc1Cl)S(C)(=O)=O. The van der Waals surface area contributed by atoms with Crippen LogP contribution in [-0.2, 0) is 26.2 Å². The summed E-state index contributed by atoms with van der Waals surface area (Å²) in [5, 5.41) is 3.50. The third-order valence-electron chi connectivity index (χ3n) is 4.92. The minimum atomic E-state index is -3.96. The molecule has 186 valence electrons. The highest BCUT2D eigenvalue weighted by Gasteiger charge is 2.31. The Hall–Kier alpha value is -1.71. The fourth-order valence-corrected chi connectivity index (χ4v) is 4.74. The van der Waals surface area contributed by atoms with E-state index in [-0.39, 0.29) is 33.2 Å². The van der Waals surface area contributed by atoms with E-state index in [1.54, 1.807) is 31.2 Å².